The van der Waals surface area contributed by atoms with Gasteiger partial charge in [-0.3, -0.25) is 14.9 Å². The monoisotopic (exact) mass is 327 g/mol. The maximum atomic E-state index is 12.4. The summed E-state index contributed by atoms with van der Waals surface area (Å²) in [6.45, 7) is 1.37. The first-order chi connectivity index (χ1) is 10.5. The normalized spacial score (nSPS) is 17.0. The highest BCUT2D eigenvalue weighted by molar-refractivity contribution is 6.31. The van der Waals surface area contributed by atoms with Gasteiger partial charge in [0.15, 0.2) is 0 Å². The fourth-order valence-corrected chi connectivity index (χ4v) is 2.64. The number of nitro benzene ring substituents is 1. The molecule has 0 aliphatic carbocycles. The van der Waals surface area contributed by atoms with Crippen LogP contribution in [-0.2, 0) is 16.1 Å². The van der Waals surface area contributed by atoms with E-state index in [1.54, 1.807) is 0 Å². The number of nitrogens with two attached hydrogens (primary N) is 1. The fraction of sp³-hybridized carbons (Fsp3) is 0.500. The summed E-state index contributed by atoms with van der Waals surface area (Å²) < 4.78 is 5.27. The summed E-state index contributed by atoms with van der Waals surface area (Å²) in [5.41, 5.74) is 5.58. The van der Waals surface area contributed by atoms with Gasteiger partial charge in [0, 0.05) is 43.5 Å². The third-order valence-electron chi connectivity index (χ3n) is 4.00. The highest BCUT2D eigenvalue weighted by Gasteiger charge is 2.38. The van der Waals surface area contributed by atoms with Crippen LogP contribution in [0, 0.1) is 15.5 Å². The van der Waals surface area contributed by atoms with Crippen molar-refractivity contribution in [2.45, 2.75) is 19.4 Å². The van der Waals surface area contributed by atoms with Crippen LogP contribution in [0.5, 0.6) is 0 Å². The van der Waals surface area contributed by atoms with Crippen LogP contribution in [0.3, 0.4) is 0 Å². The second kappa shape index (κ2) is 7.04. The molecule has 0 unspecified atom stereocenters. The minimum Gasteiger partial charge on any atom is -0.381 e. The zero-order valence-corrected chi connectivity index (χ0v) is 12.8. The Balaban J connectivity index is 2.07. The Morgan fingerprint density at radius 3 is 2.73 bits per heavy atom. The van der Waals surface area contributed by atoms with Crippen molar-refractivity contribution in [2.75, 3.05) is 19.8 Å². The molecule has 1 aliphatic heterocycles. The first kappa shape index (κ1) is 16.7. The lowest BCUT2D eigenvalue weighted by molar-refractivity contribution is -0.384. The molecule has 3 N–H and O–H groups in total. The molecule has 22 heavy (non-hydrogen) atoms. The number of hydrogen-bond donors (Lipinski definition) is 2. The number of carbonyl (C=O) groups is 1. The number of benzene rings is 1. The second-order valence-electron chi connectivity index (χ2n) is 5.31. The Labute approximate surface area is 132 Å². The largest absolute Gasteiger partial charge is 0.381 e. The lowest BCUT2D eigenvalue weighted by Crippen LogP contribution is -2.49. The Morgan fingerprint density at radius 2 is 2.14 bits per heavy atom. The van der Waals surface area contributed by atoms with Gasteiger partial charge in [-0.05, 0) is 24.5 Å². The van der Waals surface area contributed by atoms with Crippen LogP contribution in [0.1, 0.15) is 18.4 Å². The van der Waals surface area contributed by atoms with E-state index in [9.17, 15) is 14.9 Å². The molecule has 1 aliphatic rings. The number of rotatable bonds is 5. The highest BCUT2D eigenvalue weighted by atomic mass is 35.5. The van der Waals surface area contributed by atoms with Gasteiger partial charge < -0.3 is 15.8 Å². The van der Waals surface area contributed by atoms with E-state index in [4.69, 9.17) is 22.1 Å². The summed E-state index contributed by atoms with van der Waals surface area (Å²) in [6, 6.07) is 4.14. The third kappa shape index (κ3) is 3.55. The van der Waals surface area contributed by atoms with Crippen molar-refractivity contribution in [1.82, 2.24) is 5.32 Å². The molecule has 1 amide bonds. The molecule has 8 heteroatoms. The van der Waals surface area contributed by atoms with Crippen molar-refractivity contribution in [3.05, 3.63) is 38.9 Å². The zero-order chi connectivity index (χ0) is 16.2. The van der Waals surface area contributed by atoms with E-state index in [0.29, 0.717) is 36.6 Å². The first-order valence-electron chi connectivity index (χ1n) is 6.97. The summed E-state index contributed by atoms with van der Waals surface area (Å²) >= 11 is 6.02. The predicted octanol–water partition coefficient (Wildman–Crippen LogP) is 1.62. The molecule has 7 nitrogen and oxygen atoms in total. The number of non-ortho nitro benzene ring substituents is 1. The smallest absolute Gasteiger partial charge is 0.269 e. The Morgan fingerprint density at radius 1 is 1.45 bits per heavy atom. The molecule has 2 rings (SSSR count). The number of amides is 1. The summed E-state index contributed by atoms with van der Waals surface area (Å²) in [4.78, 5) is 22.7. The van der Waals surface area contributed by atoms with Crippen LogP contribution in [-0.4, -0.2) is 30.6 Å². The molecule has 1 aromatic rings. The molecule has 0 aromatic heterocycles. The van der Waals surface area contributed by atoms with Crippen molar-refractivity contribution < 1.29 is 14.5 Å². The Bertz CT molecular complexity index is 573. The molecule has 0 spiro atoms. The van der Waals surface area contributed by atoms with Gasteiger partial charge in [-0.1, -0.05) is 11.6 Å². The number of halogens is 1. The van der Waals surface area contributed by atoms with Crippen molar-refractivity contribution in [3.63, 3.8) is 0 Å². The second-order valence-corrected chi connectivity index (χ2v) is 5.72. The highest BCUT2D eigenvalue weighted by Crippen LogP contribution is 2.30. The van der Waals surface area contributed by atoms with Crippen LogP contribution in [0.15, 0.2) is 18.2 Å². The molecule has 1 heterocycles. The summed E-state index contributed by atoms with van der Waals surface area (Å²) in [7, 11) is 0. The van der Waals surface area contributed by atoms with Crippen LogP contribution >= 0.6 is 11.6 Å². The molecule has 1 aromatic carbocycles. The number of ether oxygens (including phenoxy) is 1. The number of nitrogens with one attached hydrogen (secondary N) is 1. The topological polar surface area (TPSA) is 107 Å². The minimum atomic E-state index is -0.633. The molecular formula is C14H18ClN3O4. The van der Waals surface area contributed by atoms with Gasteiger partial charge in [0.1, 0.15) is 0 Å². The third-order valence-corrected chi connectivity index (χ3v) is 4.37. The van der Waals surface area contributed by atoms with Crippen molar-refractivity contribution >= 4 is 23.2 Å². The van der Waals surface area contributed by atoms with E-state index in [2.05, 4.69) is 5.32 Å². The quantitative estimate of drug-likeness (QED) is 0.631. The van der Waals surface area contributed by atoms with E-state index in [1.165, 1.54) is 18.2 Å². The Kier molecular flexibility index (Phi) is 5.33. The standard InChI is InChI=1S/C14H18ClN3O4/c15-12-2-1-11(18(20)21)7-10(12)8-17-13(19)14(9-16)3-5-22-6-4-14/h1-2,7H,3-6,8-9,16H2,(H,17,19). The molecule has 0 atom stereocenters. The maximum Gasteiger partial charge on any atom is 0.269 e. The Hall–Kier alpha value is -1.70. The average Bonchev–Trinajstić information content (AvgIpc) is 2.54. The zero-order valence-electron chi connectivity index (χ0n) is 12.0. The van der Waals surface area contributed by atoms with Gasteiger partial charge in [0.25, 0.3) is 5.69 Å². The van der Waals surface area contributed by atoms with Crippen LogP contribution in [0.4, 0.5) is 5.69 Å². The van der Waals surface area contributed by atoms with Gasteiger partial charge in [0.05, 0.1) is 10.3 Å². The molecule has 0 bridgehead atoms. The molecule has 0 saturated carbocycles. The van der Waals surface area contributed by atoms with Gasteiger partial charge in [0.2, 0.25) is 5.91 Å². The van der Waals surface area contributed by atoms with E-state index < -0.39 is 10.3 Å². The summed E-state index contributed by atoms with van der Waals surface area (Å²) in [5, 5.41) is 14.0. The van der Waals surface area contributed by atoms with E-state index in [1.807, 2.05) is 0 Å². The van der Waals surface area contributed by atoms with Crippen LogP contribution in [0.2, 0.25) is 5.02 Å². The average molecular weight is 328 g/mol. The summed E-state index contributed by atoms with van der Waals surface area (Å²) in [6.07, 6.45) is 1.13. The van der Waals surface area contributed by atoms with E-state index in [0.717, 1.165) is 0 Å². The molecule has 1 fully saturated rings. The van der Waals surface area contributed by atoms with Gasteiger partial charge in [-0.15, -0.1) is 0 Å². The van der Waals surface area contributed by atoms with Crippen LogP contribution < -0.4 is 11.1 Å². The molecular weight excluding hydrogens is 310 g/mol. The van der Waals surface area contributed by atoms with Gasteiger partial charge in [-0.25, -0.2) is 0 Å². The number of carbonyl (C=O) groups excluding carboxylic acids is 1. The summed E-state index contributed by atoms with van der Waals surface area (Å²) in [5.74, 6) is -0.166. The van der Waals surface area contributed by atoms with E-state index in [-0.39, 0.29) is 24.7 Å². The van der Waals surface area contributed by atoms with Crippen LogP contribution in [0.25, 0.3) is 0 Å². The minimum absolute atomic E-state index is 0.0618. The fourth-order valence-electron chi connectivity index (χ4n) is 2.46. The molecule has 120 valence electrons. The van der Waals surface area contributed by atoms with Crippen molar-refractivity contribution in [2.24, 2.45) is 11.1 Å². The van der Waals surface area contributed by atoms with E-state index >= 15 is 0 Å². The first-order valence-corrected chi connectivity index (χ1v) is 7.35. The number of nitrogens with zero attached hydrogens (tertiary/aromatic N) is 1. The van der Waals surface area contributed by atoms with Gasteiger partial charge in [-0.2, -0.15) is 0 Å². The lowest BCUT2D eigenvalue weighted by Gasteiger charge is -2.34. The molecule has 0 radical (unpaired) electrons. The number of hydrogen-bond acceptors (Lipinski definition) is 5. The predicted molar refractivity (Wildman–Crippen MR) is 81.5 cm³/mol. The van der Waals surface area contributed by atoms with Crippen molar-refractivity contribution in [3.8, 4) is 0 Å². The lowest BCUT2D eigenvalue weighted by atomic mass is 9.79. The van der Waals surface area contributed by atoms with Gasteiger partial charge >= 0.3 is 0 Å². The van der Waals surface area contributed by atoms with Crippen molar-refractivity contribution in [1.29, 1.82) is 0 Å². The SMILES string of the molecule is NCC1(C(=O)NCc2cc([N+](=O)[O-])ccc2Cl)CCOCC1. The number of nitro groups is 1. The molecule has 1 saturated heterocycles. The maximum absolute atomic E-state index is 12.4.